The third-order valence-electron chi connectivity index (χ3n) is 4.68. The second-order valence-corrected chi connectivity index (χ2v) is 6.28. The molecule has 0 heterocycles. The fourth-order valence-electron chi connectivity index (χ4n) is 3.69. The number of rotatable bonds is 3. The predicted octanol–water partition coefficient (Wildman–Crippen LogP) is 5.47. The maximum Gasteiger partial charge on any atom is 0.118 e. The summed E-state index contributed by atoms with van der Waals surface area (Å²) in [7, 11) is 1.70. The van der Waals surface area contributed by atoms with E-state index in [0.29, 0.717) is 11.8 Å². The van der Waals surface area contributed by atoms with Gasteiger partial charge in [0.05, 0.1) is 7.11 Å². The van der Waals surface area contributed by atoms with Gasteiger partial charge in [-0.2, -0.15) is 0 Å². The highest BCUT2D eigenvalue weighted by Gasteiger charge is 2.36. The quantitative estimate of drug-likeness (QED) is 0.684. The van der Waals surface area contributed by atoms with Gasteiger partial charge in [-0.3, -0.25) is 0 Å². The van der Waals surface area contributed by atoms with Crippen molar-refractivity contribution in [2.24, 2.45) is 11.8 Å². The van der Waals surface area contributed by atoms with Crippen molar-refractivity contribution >= 4 is 22.7 Å². The van der Waals surface area contributed by atoms with Crippen LogP contribution in [-0.4, -0.2) is 7.11 Å². The van der Waals surface area contributed by atoms with Crippen LogP contribution in [0.2, 0.25) is 5.02 Å². The molecule has 2 aliphatic rings. The Balaban J connectivity index is 1.87. The molecule has 2 heteroatoms. The minimum Gasteiger partial charge on any atom is -0.497 e. The van der Waals surface area contributed by atoms with Crippen LogP contribution in [0.4, 0.5) is 0 Å². The molecule has 1 nitrogen and oxygen atoms in total. The number of halogens is 1. The average Bonchev–Trinajstić information content (AvgIpc) is 3.16. The molecule has 0 aromatic heterocycles. The molecule has 0 radical (unpaired) electrons. The second kappa shape index (κ2) is 5.33. The lowest BCUT2D eigenvalue weighted by Crippen LogP contribution is -1.99. The van der Waals surface area contributed by atoms with Crippen LogP contribution in [0.25, 0.3) is 11.1 Å². The molecule has 0 aliphatic heterocycles. The van der Waals surface area contributed by atoms with Crippen molar-refractivity contribution in [3.8, 4) is 5.75 Å². The monoisotopic (exact) mass is 308 g/mol. The van der Waals surface area contributed by atoms with Gasteiger partial charge in [0.1, 0.15) is 5.75 Å². The Morgan fingerprint density at radius 2 is 1.59 bits per heavy atom. The molecule has 0 N–H and O–H groups in total. The highest BCUT2D eigenvalue weighted by molar-refractivity contribution is 6.32. The first-order chi connectivity index (χ1) is 10.8. The summed E-state index contributed by atoms with van der Waals surface area (Å²) in [6, 6.07) is 16.5. The van der Waals surface area contributed by atoms with Crippen molar-refractivity contribution in [2.75, 3.05) is 7.11 Å². The zero-order valence-electron chi connectivity index (χ0n) is 12.4. The van der Waals surface area contributed by atoms with E-state index >= 15 is 0 Å². The highest BCUT2D eigenvalue weighted by Crippen LogP contribution is 2.53. The Hall–Kier alpha value is -1.99. The highest BCUT2D eigenvalue weighted by atomic mass is 35.5. The number of allylic oxidation sites excluding steroid dienone is 4. The lowest BCUT2D eigenvalue weighted by molar-refractivity contribution is 0.415. The zero-order chi connectivity index (χ0) is 15.1. The maximum absolute atomic E-state index is 6.46. The van der Waals surface area contributed by atoms with Gasteiger partial charge in [-0.15, -0.1) is 0 Å². The first-order valence-corrected chi connectivity index (χ1v) is 7.97. The van der Waals surface area contributed by atoms with Crippen molar-refractivity contribution in [1.29, 1.82) is 0 Å². The largest absolute Gasteiger partial charge is 0.497 e. The number of benzene rings is 2. The van der Waals surface area contributed by atoms with Gasteiger partial charge in [-0.1, -0.05) is 54.1 Å². The normalized spacial score (nSPS) is 22.5. The molecule has 0 amide bonds. The van der Waals surface area contributed by atoms with E-state index in [9.17, 15) is 0 Å². The molecule has 0 unspecified atom stereocenters. The van der Waals surface area contributed by atoms with Crippen molar-refractivity contribution in [3.05, 3.63) is 76.8 Å². The molecule has 2 atom stereocenters. The fourth-order valence-corrected chi connectivity index (χ4v) is 3.93. The van der Waals surface area contributed by atoms with Gasteiger partial charge in [0, 0.05) is 16.9 Å². The average molecular weight is 309 g/mol. The molecule has 0 saturated carbocycles. The van der Waals surface area contributed by atoms with Crippen molar-refractivity contribution in [2.45, 2.75) is 6.42 Å². The van der Waals surface area contributed by atoms with Crippen molar-refractivity contribution < 1.29 is 4.74 Å². The predicted molar refractivity (Wildman–Crippen MR) is 92.0 cm³/mol. The van der Waals surface area contributed by atoms with Gasteiger partial charge in [-0.25, -0.2) is 0 Å². The molecular formula is C20H17ClO. The van der Waals surface area contributed by atoms with Gasteiger partial charge >= 0.3 is 0 Å². The van der Waals surface area contributed by atoms with Gasteiger partial charge in [0.15, 0.2) is 0 Å². The SMILES string of the molecule is COc1ccc(C2=C(c3ccccc3Cl)[C@H]3C=C[C@@H]2C3)cc1. The van der Waals surface area contributed by atoms with E-state index in [0.717, 1.165) is 10.8 Å². The van der Waals surface area contributed by atoms with Crippen LogP contribution in [0.3, 0.4) is 0 Å². The molecule has 2 bridgehead atoms. The fraction of sp³-hybridized carbons (Fsp3) is 0.200. The van der Waals surface area contributed by atoms with Crippen LogP contribution in [0.1, 0.15) is 17.5 Å². The summed E-state index contributed by atoms with van der Waals surface area (Å²) in [5.41, 5.74) is 5.26. The Morgan fingerprint density at radius 1 is 0.909 bits per heavy atom. The van der Waals surface area contributed by atoms with E-state index in [1.807, 2.05) is 24.3 Å². The molecule has 22 heavy (non-hydrogen) atoms. The van der Waals surface area contributed by atoms with Crippen molar-refractivity contribution in [1.82, 2.24) is 0 Å². The van der Waals surface area contributed by atoms with Gasteiger partial charge < -0.3 is 4.74 Å². The van der Waals surface area contributed by atoms with Gasteiger partial charge in [-0.05, 0) is 46.9 Å². The number of ether oxygens (including phenoxy) is 1. The molecule has 0 fully saturated rings. The minimum atomic E-state index is 0.488. The minimum absolute atomic E-state index is 0.488. The molecule has 4 rings (SSSR count). The topological polar surface area (TPSA) is 9.23 Å². The number of fused-ring (bicyclic) bond motifs is 2. The van der Waals surface area contributed by atoms with E-state index < -0.39 is 0 Å². The van der Waals surface area contributed by atoms with E-state index in [1.165, 1.54) is 28.7 Å². The number of hydrogen-bond donors (Lipinski definition) is 0. The molecule has 0 spiro atoms. The van der Waals surface area contributed by atoms with Crippen LogP contribution in [-0.2, 0) is 0 Å². The summed E-state index contributed by atoms with van der Waals surface area (Å²) in [4.78, 5) is 0. The summed E-state index contributed by atoms with van der Waals surface area (Å²) < 4.78 is 5.27. The summed E-state index contributed by atoms with van der Waals surface area (Å²) in [6.45, 7) is 0. The second-order valence-electron chi connectivity index (χ2n) is 5.87. The Labute approximate surface area is 135 Å². The molecular weight excluding hydrogens is 292 g/mol. The first-order valence-electron chi connectivity index (χ1n) is 7.59. The third-order valence-corrected chi connectivity index (χ3v) is 5.01. The summed E-state index contributed by atoms with van der Waals surface area (Å²) in [5.74, 6) is 1.88. The molecule has 2 aliphatic carbocycles. The van der Waals surface area contributed by atoms with E-state index in [1.54, 1.807) is 7.11 Å². The number of hydrogen-bond acceptors (Lipinski definition) is 1. The van der Waals surface area contributed by atoms with Crippen LogP contribution in [0.5, 0.6) is 5.75 Å². The smallest absolute Gasteiger partial charge is 0.118 e. The lowest BCUT2D eigenvalue weighted by Gasteiger charge is -2.18. The standard InChI is InChI=1S/C20H17ClO/c1-22-16-10-8-13(9-11-16)19-14-6-7-15(12-14)20(19)17-4-2-3-5-18(17)21/h2-11,14-15H,12H2,1H3/t14-,15+/m1/s1. The van der Waals surface area contributed by atoms with Crippen LogP contribution in [0, 0.1) is 11.8 Å². The zero-order valence-corrected chi connectivity index (χ0v) is 13.2. The van der Waals surface area contributed by atoms with Crippen LogP contribution < -0.4 is 4.74 Å². The Bertz CT molecular complexity index is 771. The van der Waals surface area contributed by atoms with E-state index in [-0.39, 0.29) is 0 Å². The molecule has 110 valence electrons. The van der Waals surface area contributed by atoms with Crippen molar-refractivity contribution in [3.63, 3.8) is 0 Å². The van der Waals surface area contributed by atoms with Crippen LogP contribution in [0.15, 0.2) is 60.7 Å². The Morgan fingerprint density at radius 3 is 2.27 bits per heavy atom. The Kier molecular flexibility index (Phi) is 3.31. The molecule has 2 aromatic carbocycles. The summed E-state index contributed by atoms with van der Waals surface area (Å²) in [6.07, 6.45) is 5.84. The lowest BCUT2D eigenvalue weighted by atomic mass is 9.87. The molecule has 0 saturated heterocycles. The third kappa shape index (κ3) is 2.08. The number of methoxy groups -OCH3 is 1. The van der Waals surface area contributed by atoms with E-state index in [4.69, 9.17) is 16.3 Å². The summed E-state index contributed by atoms with van der Waals surface area (Å²) in [5, 5.41) is 0.837. The van der Waals surface area contributed by atoms with E-state index in [2.05, 4.69) is 36.4 Å². The maximum atomic E-state index is 6.46. The van der Waals surface area contributed by atoms with Gasteiger partial charge in [0.25, 0.3) is 0 Å². The van der Waals surface area contributed by atoms with Gasteiger partial charge in [0.2, 0.25) is 0 Å². The summed E-state index contributed by atoms with van der Waals surface area (Å²) >= 11 is 6.46. The molecule has 2 aromatic rings. The first kappa shape index (κ1) is 13.7. The van der Waals surface area contributed by atoms with Crippen LogP contribution >= 0.6 is 11.6 Å².